The van der Waals surface area contributed by atoms with Crippen molar-refractivity contribution in [2.75, 3.05) is 24.3 Å². The predicted octanol–water partition coefficient (Wildman–Crippen LogP) is 2.25. The second-order valence-electron chi connectivity index (χ2n) is 4.35. The zero-order valence-electron chi connectivity index (χ0n) is 10.1. The molecule has 5 nitrogen and oxygen atoms in total. The predicted molar refractivity (Wildman–Crippen MR) is 74.7 cm³/mol. The van der Waals surface area contributed by atoms with Crippen LogP contribution in [0, 0.1) is 6.92 Å². The molecule has 1 aromatic rings. The topological polar surface area (TPSA) is 76.4 Å². The monoisotopic (exact) mass is 313 g/mol. The van der Waals surface area contributed by atoms with Gasteiger partial charge in [-0.3, -0.25) is 0 Å². The van der Waals surface area contributed by atoms with E-state index in [1.807, 2.05) is 13.0 Å². The second-order valence-corrected chi connectivity index (χ2v) is 5.26. The van der Waals surface area contributed by atoms with E-state index < -0.39 is 0 Å². The van der Waals surface area contributed by atoms with Crippen molar-refractivity contribution in [2.45, 2.75) is 19.4 Å². The van der Waals surface area contributed by atoms with Crippen LogP contribution in [0.25, 0.3) is 0 Å². The van der Waals surface area contributed by atoms with Gasteiger partial charge in [0.2, 0.25) is 0 Å². The number of urea groups is 1. The highest BCUT2D eigenvalue weighted by Crippen LogP contribution is 2.27. The molecule has 1 atom stereocenters. The van der Waals surface area contributed by atoms with Gasteiger partial charge in [-0.05, 0) is 31.0 Å². The van der Waals surface area contributed by atoms with Gasteiger partial charge in [-0.25, -0.2) is 4.79 Å². The van der Waals surface area contributed by atoms with Crippen LogP contribution < -0.4 is 16.4 Å². The second kappa shape index (κ2) is 5.58. The van der Waals surface area contributed by atoms with Gasteiger partial charge >= 0.3 is 6.03 Å². The molecule has 0 radical (unpaired) electrons. The van der Waals surface area contributed by atoms with Gasteiger partial charge in [-0.1, -0.05) is 15.9 Å². The summed E-state index contributed by atoms with van der Waals surface area (Å²) in [6.45, 7) is 3.17. The molecule has 1 unspecified atom stereocenters. The van der Waals surface area contributed by atoms with Crippen LogP contribution in [-0.4, -0.2) is 25.3 Å². The first-order valence-corrected chi connectivity index (χ1v) is 6.56. The minimum Gasteiger partial charge on any atom is -0.397 e. The number of nitrogen functional groups attached to an aromatic ring is 1. The molecule has 98 valence electrons. The SMILES string of the molecule is Cc1cc(Br)cc(N)c1NC(=O)NC1CCOC1. The third kappa shape index (κ3) is 3.14. The van der Waals surface area contributed by atoms with E-state index >= 15 is 0 Å². The molecule has 1 aliphatic rings. The lowest BCUT2D eigenvalue weighted by Crippen LogP contribution is -2.38. The minimum atomic E-state index is -0.248. The molecule has 1 fully saturated rings. The van der Waals surface area contributed by atoms with Crippen molar-refractivity contribution in [3.8, 4) is 0 Å². The maximum Gasteiger partial charge on any atom is 0.319 e. The minimum absolute atomic E-state index is 0.0852. The lowest BCUT2D eigenvalue weighted by atomic mass is 10.1. The molecular weight excluding hydrogens is 298 g/mol. The summed E-state index contributed by atoms with van der Waals surface area (Å²) in [6.07, 6.45) is 0.849. The highest BCUT2D eigenvalue weighted by Gasteiger charge is 2.18. The van der Waals surface area contributed by atoms with E-state index in [0.29, 0.717) is 24.6 Å². The molecule has 0 aromatic heterocycles. The fourth-order valence-corrected chi connectivity index (χ4v) is 2.51. The molecule has 2 amide bonds. The standard InChI is InChI=1S/C12H16BrN3O2/c1-7-4-8(13)5-10(14)11(7)16-12(17)15-9-2-3-18-6-9/h4-5,9H,2-3,6,14H2,1H3,(H2,15,16,17). The Hall–Kier alpha value is -1.27. The number of carbonyl (C=O) groups is 1. The van der Waals surface area contributed by atoms with Crippen LogP contribution >= 0.6 is 15.9 Å². The third-order valence-electron chi connectivity index (χ3n) is 2.83. The maximum absolute atomic E-state index is 11.8. The summed E-state index contributed by atoms with van der Waals surface area (Å²) in [5.41, 5.74) is 7.99. The number of amides is 2. The van der Waals surface area contributed by atoms with E-state index in [9.17, 15) is 4.79 Å². The molecule has 0 spiro atoms. The van der Waals surface area contributed by atoms with Gasteiger partial charge in [0.1, 0.15) is 0 Å². The fraction of sp³-hybridized carbons (Fsp3) is 0.417. The van der Waals surface area contributed by atoms with Crippen LogP contribution in [0.3, 0.4) is 0 Å². The van der Waals surface area contributed by atoms with Crippen molar-refractivity contribution in [1.82, 2.24) is 5.32 Å². The summed E-state index contributed by atoms with van der Waals surface area (Å²) in [5.74, 6) is 0. The summed E-state index contributed by atoms with van der Waals surface area (Å²) < 4.78 is 6.09. The van der Waals surface area contributed by atoms with Gasteiger partial charge in [-0.2, -0.15) is 0 Å². The van der Waals surface area contributed by atoms with Gasteiger partial charge in [0.05, 0.1) is 24.0 Å². The van der Waals surface area contributed by atoms with Crippen molar-refractivity contribution in [3.05, 3.63) is 22.2 Å². The Labute approximate surface area is 114 Å². The highest BCUT2D eigenvalue weighted by molar-refractivity contribution is 9.10. The molecule has 1 aromatic carbocycles. The highest BCUT2D eigenvalue weighted by atomic mass is 79.9. The number of benzene rings is 1. The van der Waals surface area contributed by atoms with Crippen LogP contribution in [-0.2, 0) is 4.74 Å². The van der Waals surface area contributed by atoms with Gasteiger partial charge in [0.15, 0.2) is 0 Å². The zero-order valence-corrected chi connectivity index (χ0v) is 11.7. The number of hydrogen-bond acceptors (Lipinski definition) is 3. The smallest absolute Gasteiger partial charge is 0.319 e. The average molecular weight is 314 g/mol. The molecule has 2 rings (SSSR count). The van der Waals surface area contributed by atoms with E-state index in [2.05, 4.69) is 26.6 Å². The van der Waals surface area contributed by atoms with Gasteiger partial charge in [-0.15, -0.1) is 0 Å². The van der Waals surface area contributed by atoms with Crippen molar-refractivity contribution in [1.29, 1.82) is 0 Å². The number of rotatable bonds is 2. The zero-order chi connectivity index (χ0) is 13.1. The van der Waals surface area contributed by atoms with E-state index in [1.165, 1.54) is 0 Å². The summed E-state index contributed by atoms with van der Waals surface area (Å²) in [5, 5.41) is 5.64. The van der Waals surface area contributed by atoms with Crippen LogP contribution in [0.4, 0.5) is 16.2 Å². The molecule has 1 saturated heterocycles. The van der Waals surface area contributed by atoms with Crippen LogP contribution in [0.5, 0.6) is 0 Å². The number of ether oxygens (including phenoxy) is 1. The van der Waals surface area contributed by atoms with Crippen molar-refractivity contribution >= 4 is 33.3 Å². The third-order valence-corrected chi connectivity index (χ3v) is 3.29. The number of aryl methyl sites for hydroxylation is 1. The molecule has 6 heteroatoms. The van der Waals surface area contributed by atoms with Crippen molar-refractivity contribution in [2.24, 2.45) is 0 Å². The number of hydrogen-bond donors (Lipinski definition) is 3. The number of halogens is 1. The molecule has 0 bridgehead atoms. The average Bonchev–Trinajstić information content (AvgIpc) is 2.76. The summed E-state index contributed by atoms with van der Waals surface area (Å²) in [7, 11) is 0. The Balaban J connectivity index is 2.02. The normalized spacial score (nSPS) is 18.7. The number of nitrogens with two attached hydrogens (primary N) is 1. The molecule has 0 aliphatic carbocycles. The Kier molecular flexibility index (Phi) is 4.08. The lowest BCUT2D eigenvalue weighted by molar-refractivity contribution is 0.189. The summed E-state index contributed by atoms with van der Waals surface area (Å²) >= 11 is 3.36. The summed E-state index contributed by atoms with van der Waals surface area (Å²) in [4.78, 5) is 11.8. The number of nitrogens with one attached hydrogen (secondary N) is 2. The molecule has 0 saturated carbocycles. The molecule has 4 N–H and O–H groups in total. The van der Waals surface area contributed by atoms with Gasteiger partial charge < -0.3 is 21.1 Å². The largest absolute Gasteiger partial charge is 0.397 e. The van der Waals surface area contributed by atoms with E-state index in [0.717, 1.165) is 16.5 Å². The van der Waals surface area contributed by atoms with Crippen LogP contribution in [0.2, 0.25) is 0 Å². The lowest BCUT2D eigenvalue weighted by Gasteiger charge is -2.15. The molecule has 1 heterocycles. The number of anilines is 2. The van der Waals surface area contributed by atoms with Crippen molar-refractivity contribution < 1.29 is 9.53 Å². The first kappa shape index (κ1) is 13.2. The summed E-state index contributed by atoms with van der Waals surface area (Å²) in [6, 6.07) is 3.51. The molecular formula is C12H16BrN3O2. The molecule has 18 heavy (non-hydrogen) atoms. The fourth-order valence-electron chi connectivity index (χ4n) is 1.92. The van der Waals surface area contributed by atoms with E-state index in [4.69, 9.17) is 10.5 Å². The van der Waals surface area contributed by atoms with Crippen LogP contribution in [0.15, 0.2) is 16.6 Å². The molecule has 1 aliphatic heterocycles. The Morgan fingerprint density at radius 2 is 2.33 bits per heavy atom. The van der Waals surface area contributed by atoms with Gasteiger partial charge in [0, 0.05) is 11.1 Å². The Morgan fingerprint density at radius 1 is 1.56 bits per heavy atom. The number of carbonyl (C=O) groups excluding carboxylic acids is 1. The Bertz CT molecular complexity index is 436. The van der Waals surface area contributed by atoms with Gasteiger partial charge in [0.25, 0.3) is 0 Å². The first-order valence-electron chi connectivity index (χ1n) is 5.77. The quantitative estimate of drug-likeness (QED) is 0.733. The first-order chi connectivity index (χ1) is 8.56. The van der Waals surface area contributed by atoms with Crippen LogP contribution in [0.1, 0.15) is 12.0 Å². The van der Waals surface area contributed by atoms with Crippen molar-refractivity contribution in [3.63, 3.8) is 0 Å². The Morgan fingerprint density at radius 3 is 2.94 bits per heavy atom. The maximum atomic E-state index is 11.8. The van der Waals surface area contributed by atoms with E-state index in [1.54, 1.807) is 6.07 Å². The van der Waals surface area contributed by atoms with E-state index in [-0.39, 0.29) is 12.1 Å².